The van der Waals surface area contributed by atoms with Crippen LogP contribution in [0.2, 0.25) is 0 Å². The molecule has 2 aromatic rings. The van der Waals surface area contributed by atoms with Crippen molar-refractivity contribution in [1.82, 2.24) is 9.78 Å². The lowest BCUT2D eigenvalue weighted by Crippen LogP contribution is -2.33. The van der Waals surface area contributed by atoms with Crippen molar-refractivity contribution >= 4 is 17.3 Å². The molecular formula is C15H19FN4O. The zero-order valence-corrected chi connectivity index (χ0v) is 12.4. The molecule has 0 saturated carbocycles. The molecule has 0 fully saturated rings. The van der Waals surface area contributed by atoms with Gasteiger partial charge in [-0.3, -0.25) is 9.48 Å². The number of nitrogens with two attached hydrogens (primary N) is 1. The monoisotopic (exact) mass is 290 g/mol. The summed E-state index contributed by atoms with van der Waals surface area (Å²) in [5.74, 6) is -0.569. The van der Waals surface area contributed by atoms with Gasteiger partial charge in [0.1, 0.15) is 11.5 Å². The van der Waals surface area contributed by atoms with Crippen molar-refractivity contribution in [3.8, 4) is 0 Å². The third kappa shape index (κ3) is 2.74. The van der Waals surface area contributed by atoms with Gasteiger partial charge in [-0.1, -0.05) is 0 Å². The second kappa shape index (κ2) is 5.95. The Morgan fingerprint density at radius 1 is 1.33 bits per heavy atom. The predicted octanol–water partition coefficient (Wildman–Crippen LogP) is 2.60. The standard InChI is InChI=1S/C15H19FN4O/c1-4-19(12-8-6-11(16)7-9-12)15(21)14-13(17)10(3)18-20(14)5-2/h6-9H,4-5,17H2,1-3H3. The number of nitrogens with zero attached hydrogens (tertiary/aromatic N) is 3. The highest BCUT2D eigenvalue weighted by atomic mass is 19.1. The van der Waals surface area contributed by atoms with E-state index in [1.54, 1.807) is 28.6 Å². The molecular weight excluding hydrogens is 271 g/mol. The molecule has 0 atom stereocenters. The lowest BCUT2D eigenvalue weighted by atomic mass is 10.2. The molecule has 0 unspecified atom stereocenters. The van der Waals surface area contributed by atoms with Crippen molar-refractivity contribution in [3.05, 3.63) is 41.5 Å². The van der Waals surface area contributed by atoms with Crippen LogP contribution in [-0.4, -0.2) is 22.2 Å². The average Bonchev–Trinajstić information content (AvgIpc) is 2.77. The van der Waals surface area contributed by atoms with E-state index in [-0.39, 0.29) is 11.7 Å². The van der Waals surface area contributed by atoms with Crippen LogP contribution in [0.3, 0.4) is 0 Å². The van der Waals surface area contributed by atoms with E-state index < -0.39 is 0 Å². The lowest BCUT2D eigenvalue weighted by molar-refractivity contribution is 0.0979. The van der Waals surface area contributed by atoms with Gasteiger partial charge in [-0.15, -0.1) is 0 Å². The van der Waals surface area contributed by atoms with Crippen molar-refractivity contribution in [1.29, 1.82) is 0 Å². The topological polar surface area (TPSA) is 64.2 Å². The van der Waals surface area contributed by atoms with Crippen LogP contribution in [-0.2, 0) is 6.54 Å². The van der Waals surface area contributed by atoms with E-state index in [1.165, 1.54) is 12.1 Å². The summed E-state index contributed by atoms with van der Waals surface area (Å²) < 4.78 is 14.6. The SMILES string of the molecule is CCN(C(=O)c1c(N)c(C)nn1CC)c1ccc(F)cc1. The fourth-order valence-electron chi connectivity index (χ4n) is 2.24. The molecule has 1 heterocycles. The zero-order chi connectivity index (χ0) is 15.6. The Morgan fingerprint density at radius 3 is 2.48 bits per heavy atom. The van der Waals surface area contributed by atoms with Crippen molar-refractivity contribution < 1.29 is 9.18 Å². The van der Waals surface area contributed by atoms with Crippen molar-refractivity contribution in [2.75, 3.05) is 17.2 Å². The summed E-state index contributed by atoms with van der Waals surface area (Å²) in [5.41, 5.74) is 8.02. The van der Waals surface area contributed by atoms with Gasteiger partial charge in [0.05, 0.1) is 11.4 Å². The molecule has 1 aromatic carbocycles. The van der Waals surface area contributed by atoms with Crippen LogP contribution >= 0.6 is 0 Å². The van der Waals surface area contributed by atoms with Crippen LogP contribution in [0.1, 0.15) is 30.0 Å². The number of hydrogen-bond acceptors (Lipinski definition) is 3. The number of benzene rings is 1. The van der Waals surface area contributed by atoms with Gasteiger partial charge < -0.3 is 10.6 Å². The first-order valence-electron chi connectivity index (χ1n) is 6.89. The van der Waals surface area contributed by atoms with E-state index >= 15 is 0 Å². The van der Waals surface area contributed by atoms with Crippen LogP contribution in [0.5, 0.6) is 0 Å². The van der Waals surface area contributed by atoms with Gasteiger partial charge >= 0.3 is 0 Å². The molecule has 21 heavy (non-hydrogen) atoms. The molecule has 0 spiro atoms. The molecule has 112 valence electrons. The second-order valence-corrected chi connectivity index (χ2v) is 4.69. The van der Waals surface area contributed by atoms with Gasteiger partial charge in [0.2, 0.25) is 0 Å². The number of nitrogen functional groups attached to an aromatic ring is 1. The number of rotatable bonds is 4. The molecule has 0 aliphatic rings. The minimum Gasteiger partial charge on any atom is -0.395 e. The largest absolute Gasteiger partial charge is 0.395 e. The molecule has 0 radical (unpaired) electrons. The van der Waals surface area contributed by atoms with Gasteiger partial charge in [0, 0.05) is 18.8 Å². The quantitative estimate of drug-likeness (QED) is 0.941. The van der Waals surface area contributed by atoms with E-state index in [9.17, 15) is 9.18 Å². The first kappa shape index (κ1) is 15.0. The molecule has 0 aliphatic heterocycles. The summed E-state index contributed by atoms with van der Waals surface area (Å²) in [6, 6.07) is 5.81. The van der Waals surface area contributed by atoms with Gasteiger partial charge in [0.15, 0.2) is 0 Å². The highest BCUT2D eigenvalue weighted by molar-refractivity contribution is 6.08. The Balaban J connectivity index is 2.43. The highest BCUT2D eigenvalue weighted by Crippen LogP contribution is 2.22. The summed E-state index contributed by atoms with van der Waals surface area (Å²) >= 11 is 0. The molecule has 0 bridgehead atoms. The molecule has 6 heteroatoms. The third-order valence-corrected chi connectivity index (χ3v) is 3.38. The molecule has 0 aliphatic carbocycles. The van der Waals surface area contributed by atoms with Crippen LogP contribution < -0.4 is 10.6 Å². The van der Waals surface area contributed by atoms with Crippen molar-refractivity contribution in [3.63, 3.8) is 0 Å². The number of hydrogen-bond donors (Lipinski definition) is 1. The lowest BCUT2D eigenvalue weighted by Gasteiger charge is -2.21. The second-order valence-electron chi connectivity index (χ2n) is 4.69. The molecule has 1 aromatic heterocycles. The molecule has 2 rings (SSSR count). The normalized spacial score (nSPS) is 10.7. The van der Waals surface area contributed by atoms with Crippen LogP contribution in [0.25, 0.3) is 0 Å². The Hall–Kier alpha value is -2.37. The van der Waals surface area contributed by atoms with Crippen LogP contribution in [0, 0.1) is 12.7 Å². The van der Waals surface area contributed by atoms with Gasteiger partial charge in [-0.05, 0) is 45.0 Å². The number of anilines is 2. The van der Waals surface area contributed by atoms with Gasteiger partial charge in [-0.25, -0.2) is 4.39 Å². The summed E-state index contributed by atoms with van der Waals surface area (Å²) in [6.07, 6.45) is 0. The highest BCUT2D eigenvalue weighted by Gasteiger charge is 2.24. The van der Waals surface area contributed by atoms with Crippen molar-refractivity contribution in [2.24, 2.45) is 0 Å². The summed E-state index contributed by atoms with van der Waals surface area (Å²) in [5, 5.41) is 4.26. The Kier molecular flexibility index (Phi) is 4.26. The fraction of sp³-hybridized carbons (Fsp3) is 0.333. The Bertz CT molecular complexity index is 648. The zero-order valence-electron chi connectivity index (χ0n) is 12.4. The maximum Gasteiger partial charge on any atom is 0.278 e. The number of aryl methyl sites for hydroxylation is 2. The third-order valence-electron chi connectivity index (χ3n) is 3.38. The number of halogens is 1. The maximum atomic E-state index is 13.0. The molecule has 0 saturated heterocycles. The summed E-state index contributed by atoms with van der Waals surface area (Å²) in [6.45, 7) is 6.54. The summed E-state index contributed by atoms with van der Waals surface area (Å²) in [4.78, 5) is 14.3. The van der Waals surface area contributed by atoms with Gasteiger partial charge in [0.25, 0.3) is 5.91 Å². The summed E-state index contributed by atoms with van der Waals surface area (Å²) in [7, 11) is 0. The molecule has 1 amide bonds. The van der Waals surface area contributed by atoms with E-state index in [0.29, 0.717) is 35.9 Å². The van der Waals surface area contributed by atoms with Crippen molar-refractivity contribution in [2.45, 2.75) is 27.3 Å². The first-order chi connectivity index (χ1) is 9.99. The van der Waals surface area contributed by atoms with Gasteiger partial charge in [-0.2, -0.15) is 5.10 Å². The van der Waals surface area contributed by atoms with Crippen LogP contribution in [0.15, 0.2) is 24.3 Å². The predicted molar refractivity (Wildman–Crippen MR) is 80.8 cm³/mol. The number of amides is 1. The van der Waals surface area contributed by atoms with E-state index in [2.05, 4.69) is 5.10 Å². The Labute approximate surface area is 123 Å². The smallest absolute Gasteiger partial charge is 0.278 e. The average molecular weight is 290 g/mol. The minimum absolute atomic E-state index is 0.232. The molecule has 2 N–H and O–H groups in total. The van der Waals surface area contributed by atoms with E-state index in [4.69, 9.17) is 5.73 Å². The number of carbonyl (C=O) groups excluding carboxylic acids is 1. The molecule has 5 nitrogen and oxygen atoms in total. The van der Waals surface area contributed by atoms with Crippen LogP contribution in [0.4, 0.5) is 15.8 Å². The Morgan fingerprint density at radius 2 is 1.95 bits per heavy atom. The fourth-order valence-corrected chi connectivity index (χ4v) is 2.24. The van der Waals surface area contributed by atoms with E-state index in [0.717, 1.165) is 0 Å². The first-order valence-corrected chi connectivity index (χ1v) is 6.89. The number of aromatic nitrogens is 2. The van der Waals surface area contributed by atoms with E-state index in [1.807, 2.05) is 13.8 Å². The maximum absolute atomic E-state index is 13.0. The number of carbonyl (C=O) groups is 1. The minimum atomic E-state index is -0.337.